The van der Waals surface area contributed by atoms with Gasteiger partial charge in [-0.05, 0) is 24.0 Å². The van der Waals surface area contributed by atoms with Crippen LogP contribution in [0.5, 0.6) is 0 Å². The maximum Gasteiger partial charge on any atom is 0.328 e. The molecule has 11 heteroatoms. The van der Waals surface area contributed by atoms with E-state index in [0.29, 0.717) is 12.0 Å². The predicted molar refractivity (Wildman–Crippen MR) is 138 cm³/mol. The summed E-state index contributed by atoms with van der Waals surface area (Å²) in [5.74, 6) is -3.36. The minimum Gasteiger partial charge on any atom is -0.467 e. The van der Waals surface area contributed by atoms with Crippen molar-refractivity contribution in [1.29, 1.82) is 0 Å². The first-order valence-electron chi connectivity index (χ1n) is 12.2. The average molecular weight is 527 g/mol. The van der Waals surface area contributed by atoms with E-state index in [9.17, 15) is 29.1 Å². The molecule has 0 bridgehead atoms. The molecule has 0 heterocycles. The molecule has 0 saturated heterocycles. The molecule has 2 aromatic rings. The van der Waals surface area contributed by atoms with Gasteiger partial charge in [-0.1, -0.05) is 60.7 Å². The normalized spacial score (nSPS) is 12.9. The zero-order valence-corrected chi connectivity index (χ0v) is 21.2. The topological polar surface area (TPSA) is 177 Å². The molecule has 2 rings (SSSR count). The molecular formula is C27H34N4O7. The number of primary amides is 1. The van der Waals surface area contributed by atoms with Crippen molar-refractivity contribution in [1.82, 2.24) is 16.0 Å². The number of nitrogens with two attached hydrogens (primary N) is 1. The van der Waals surface area contributed by atoms with E-state index in [1.807, 2.05) is 30.3 Å². The molecule has 0 unspecified atom stereocenters. The Bertz CT molecular complexity index is 1080. The number of aryl methyl sites for hydroxylation is 1. The Kier molecular flexibility index (Phi) is 12.4. The van der Waals surface area contributed by atoms with Gasteiger partial charge in [0.15, 0.2) is 0 Å². The van der Waals surface area contributed by atoms with Crippen molar-refractivity contribution in [2.75, 3.05) is 13.7 Å². The second kappa shape index (κ2) is 15.8. The molecule has 204 valence electrons. The van der Waals surface area contributed by atoms with Crippen LogP contribution < -0.4 is 21.7 Å². The fourth-order valence-corrected chi connectivity index (χ4v) is 3.64. The van der Waals surface area contributed by atoms with Crippen LogP contribution in [-0.4, -0.2) is 66.5 Å². The lowest BCUT2D eigenvalue weighted by atomic mass is 10.0. The highest BCUT2D eigenvalue weighted by atomic mass is 16.5. The Hall–Kier alpha value is -4.25. The minimum absolute atomic E-state index is 0.0578. The molecule has 0 spiro atoms. The zero-order chi connectivity index (χ0) is 27.9. The monoisotopic (exact) mass is 526 g/mol. The SMILES string of the molecule is COC(=O)[C@H](CCC(N)=O)NC(=O)[C@H](Cc1ccccc1)NC(=O)[C@H](CO)NC(=O)CCc1ccccc1. The first-order valence-corrected chi connectivity index (χ1v) is 12.2. The molecule has 0 aliphatic heterocycles. The van der Waals surface area contributed by atoms with E-state index in [1.54, 1.807) is 30.3 Å². The standard InChI is InChI=1S/C27H34N4O7/c1-38-27(37)20(13-14-23(28)33)30-25(35)21(16-19-10-6-3-7-11-19)31-26(36)22(17-32)29-24(34)15-12-18-8-4-2-5-9-18/h2-11,20-22,32H,12-17H2,1H3,(H2,28,33)(H,29,34)(H,30,35)(H,31,36)/t20-,21-,22-/m0/s1. The molecule has 0 aliphatic rings. The molecule has 2 aromatic carbocycles. The van der Waals surface area contributed by atoms with Crippen LogP contribution in [0.2, 0.25) is 0 Å². The van der Waals surface area contributed by atoms with Gasteiger partial charge in [0.2, 0.25) is 23.6 Å². The second-order valence-electron chi connectivity index (χ2n) is 8.63. The van der Waals surface area contributed by atoms with Gasteiger partial charge in [0.25, 0.3) is 0 Å². The summed E-state index contributed by atoms with van der Waals surface area (Å²) in [6.45, 7) is -0.689. The predicted octanol–water partition coefficient (Wildman–Crippen LogP) is -0.253. The van der Waals surface area contributed by atoms with Gasteiger partial charge >= 0.3 is 5.97 Å². The van der Waals surface area contributed by atoms with Crippen LogP contribution in [0.1, 0.15) is 30.4 Å². The lowest BCUT2D eigenvalue weighted by molar-refractivity contribution is -0.145. The molecule has 0 radical (unpaired) electrons. The van der Waals surface area contributed by atoms with E-state index in [2.05, 4.69) is 16.0 Å². The van der Waals surface area contributed by atoms with Crippen LogP contribution in [-0.2, 0) is 41.6 Å². The average Bonchev–Trinajstić information content (AvgIpc) is 2.92. The summed E-state index contributed by atoms with van der Waals surface area (Å²) in [6, 6.07) is 14.5. The third kappa shape index (κ3) is 10.4. The number of rotatable bonds is 15. The molecule has 11 nitrogen and oxygen atoms in total. The number of esters is 1. The van der Waals surface area contributed by atoms with E-state index < -0.39 is 54.3 Å². The Balaban J connectivity index is 2.10. The van der Waals surface area contributed by atoms with Crippen molar-refractivity contribution in [2.24, 2.45) is 5.73 Å². The lowest BCUT2D eigenvalue weighted by Crippen LogP contribution is -2.57. The van der Waals surface area contributed by atoms with E-state index in [1.165, 1.54) is 0 Å². The van der Waals surface area contributed by atoms with E-state index in [0.717, 1.165) is 12.7 Å². The van der Waals surface area contributed by atoms with Crippen molar-refractivity contribution in [3.8, 4) is 0 Å². The number of methoxy groups -OCH3 is 1. The number of nitrogens with one attached hydrogen (secondary N) is 3. The quantitative estimate of drug-likeness (QED) is 0.199. The summed E-state index contributed by atoms with van der Waals surface area (Å²) < 4.78 is 4.71. The van der Waals surface area contributed by atoms with Crippen LogP contribution in [0, 0.1) is 0 Å². The van der Waals surface area contributed by atoms with E-state index in [-0.39, 0.29) is 25.7 Å². The number of benzene rings is 2. The van der Waals surface area contributed by atoms with Crippen LogP contribution >= 0.6 is 0 Å². The van der Waals surface area contributed by atoms with Crippen molar-refractivity contribution in [3.63, 3.8) is 0 Å². The number of carbonyl (C=O) groups is 5. The highest BCUT2D eigenvalue weighted by molar-refractivity contribution is 5.94. The Morgan fingerprint density at radius 2 is 1.34 bits per heavy atom. The first-order chi connectivity index (χ1) is 18.2. The molecule has 0 saturated carbocycles. The van der Waals surface area contributed by atoms with Crippen molar-refractivity contribution < 1.29 is 33.8 Å². The van der Waals surface area contributed by atoms with Crippen molar-refractivity contribution in [3.05, 3.63) is 71.8 Å². The first kappa shape index (κ1) is 30.0. The van der Waals surface area contributed by atoms with Gasteiger partial charge in [-0.15, -0.1) is 0 Å². The van der Waals surface area contributed by atoms with Gasteiger partial charge in [-0.2, -0.15) is 0 Å². The number of ether oxygens (including phenoxy) is 1. The molecule has 4 amide bonds. The summed E-state index contributed by atoms with van der Waals surface area (Å²) in [7, 11) is 1.14. The Morgan fingerprint density at radius 1 is 0.789 bits per heavy atom. The number of aliphatic hydroxyl groups is 1. The van der Waals surface area contributed by atoms with Crippen LogP contribution in [0.25, 0.3) is 0 Å². The summed E-state index contributed by atoms with van der Waals surface area (Å²) >= 11 is 0. The largest absolute Gasteiger partial charge is 0.467 e. The second-order valence-corrected chi connectivity index (χ2v) is 8.63. The van der Waals surface area contributed by atoms with Gasteiger partial charge in [0.05, 0.1) is 13.7 Å². The minimum atomic E-state index is -1.30. The number of amides is 4. The molecule has 0 fully saturated rings. The third-order valence-electron chi connectivity index (χ3n) is 5.72. The van der Waals surface area contributed by atoms with Gasteiger partial charge in [0.1, 0.15) is 18.1 Å². The fourth-order valence-electron chi connectivity index (χ4n) is 3.64. The number of aliphatic hydroxyl groups excluding tert-OH is 1. The van der Waals surface area contributed by atoms with Crippen molar-refractivity contribution in [2.45, 2.75) is 50.2 Å². The molecule has 0 aromatic heterocycles. The number of hydrogen-bond acceptors (Lipinski definition) is 7. The summed E-state index contributed by atoms with van der Waals surface area (Å²) in [4.78, 5) is 61.9. The Morgan fingerprint density at radius 3 is 1.89 bits per heavy atom. The highest BCUT2D eigenvalue weighted by Gasteiger charge is 2.30. The summed E-state index contributed by atoms with van der Waals surface area (Å²) in [5, 5.41) is 17.3. The van der Waals surface area contributed by atoms with E-state index in [4.69, 9.17) is 10.5 Å². The van der Waals surface area contributed by atoms with E-state index >= 15 is 0 Å². The van der Waals surface area contributed by atoms with Crippen LogP contribution in [0.15, 0.2) is 60.7 Å². The molecule has 3 atom stereocenters. The summed E-state index contributed by atoms with van der Waals surface area (Å²) in [6.07, 6.45) is 0.351. The van der Waals surface area contributed by atoms with Crippen LogP contribution in [0.4, 0.5) is 0 Å². The smallest absolute Gasteiger partial charge is 0.328 e. The Labute approximate surface area is 221 Å². The number of hydrogen-bond donors (Lipinski definition) is 5. The highest BCUT2D eigenvalue weighted by Crippen LogP contribution is 2.07. The summed E-state index contributed by atoms with van der Waals surface area (Å²) in [5.41, 5.74) is 6.83. The number of carbonyl (C=O) groups excluding carboxylic acids is 5. The van der Waals surface area contributed by atoms with Gasteiger partial charge < -0.3 is 31.5 Å². The molecule has 38 heavy (non-hydrogen) atoms. The zero-order valence-electron chi connectivity index (χ0n) is 21.2. The fraction of sp³-hybridized carbons (Fsp3) is 0.370. The van der Waals surface area contributed by atoms with Gasteiger partial charge in [-0.3, -0.25) is 19.2 Å². The van der Waals surface area contributed by atoms with Gasteiger partial charge in [-0.25, -0.2) is 4.79 Å². The molecular weight excluding hydrogens is 492 g/mol. The lowest BCUT2D eigenvalue weighted by Gasteiger charge is -2.24. The van der Waals surface area contributed by atoms with Crippen molar-refractivity contribution >= 4 is 29.6 Å². The maximum absolute atomic E-state index is 13.2. The third-order valence-corrected chi connectivity index (χ3v) is 5.72. The maximum atomic E-state index is 13.2. The van der Waals surface area contributed by atoms with Gasteiger partial charge in [0, 0.05) is 19.3 Å². The van der Waals surface area contributed by atoms with Crippen LogP contribution in [0.3, 0.4) is 0 Å². The molecule has 0 aliphatic carbocycles. The molecule has 6 N–H and O–H groups in total.